The van der Waals surface area contributed by atoms with Crippen molar-refractivity contribution in [2.75, 3.05) is 13.2 Å². The quantitative estimate of drug-likeness (QED) is 0.377. The van der Waals surface area contributed by atoms with Crippen molar-refractivity contribution in [3.05, 3.63) is 0 Å². The van der Waals surface area contributed by atoms with Gasteiger partial charge < -0.3 is 14.2 Å². The Morgan fingerprint density at radius 1 is 1.17 bits per heavy atom. The van der Waals surface area contributed by atoms with E-state index in [1.165, 1.54) is 0 Å². The molecule has 1 aliphatic heterocycles. The second-order valence-corrected chi connectivity index (χ2v) is 5.51. The van der Waals surface area contributed by atoms with Gasteiger partial charge in [-0.2, -0.15) is 0 Å². The third kappa shape index (κ3) is 2.24. The van der Waals surface area contributed by atoms with E-state index in [2.05, 4.69) is 0 Å². The number of esters is 2. The van der Waals surface area contributed by atoms with Crippen LogP contribution in [0.15, 0.2) is 0 Å². The van der Waals surface area contributed by atoms with Crippen LogP contribution in [0.4, 0.5) is 0 Å². The fourth-order valence-corrected chi connectivity index (χ4v) is 2.72. The highest BCUT2D eigenvalue weighted by atomic mass is 28.1. The molecule has 2 unspecified atom stereocenters. The van der Waals surface area contributed by atoms with E-state index < -0.39 is 23.1 Å². The van der Waals surface area contributed by atoms with Gasteiger partial charge in [-0.25, -0.2) is 9.59 Å². The van der Waals surface area contributed by atoms with E-state index in [0.717, 1.165) is 22.7 Å². The van der Waals surface area contributed by atoms with Crippen LogP contribution in [-0.2, 0) is 23.8 Å². The molecule has 1 fully saturated rings. The molecule has 0 aromatic rings. The van der Waals surface area contributed by atoms with E-state index in [4.69, 9.17) is 14.2 Å². The predicted molar refractivity (Wildman–Crippen MR) is 69.5 cm³/mol. The van der Waals surface area contributed by atoms with Crippen molar-refractivity contribution in [1.82, 2.24) is 0 Å². The van der Waals surface area contributed by atoms with Gasteiger partial charge in [-0.15, -0.1) is 0 Å². The molecule has 0 aromatic heterocycles. The molecule has 1 heterocycles. The molecule has 6 heteroatoms. The van der Waals surface area contributed by atoms with Gasteiger partial charge >= 0.3 is 11.9 Å². The van der Waals surface area contributed by atoms with Gasteiger partial charge in [0.1, 0.15) is 0 Å². The van der Waals surface area contributed by atoms with Crippen LogP contribution in [0.2, 0.25) is 6.04 Å². The maximum absolute atomic E-state index is 12.1. The summed E-state index contributed by atoms with van der Waals surface area (Å²) in [6.45, 7) is 5.84. The summed E-state index contributed by atoms with van der Waals surface area (Å²) in [5.41, 5.74) is -2.61. The highest BCUT2D eigenvalue weighted by Gasteiger charge is 2.68. The number of cyclic esters (lactones) is 2. The molecule has 0 amide bonds. The number of ether oxygens (including phenoxy) is 3. The summed E-state index contributed by atoms with van der Waals surface area (Å²) >= 11 is 0. The number of hydrogen-bond acceptors (Lipinski definition) is 5. The van der Waals surface area contributed by atoms with Crippen molar-refractivity contribution in [1.29, 1.82) is 0 Å². The fourth-order valence-electron chi connectivity index (χ4n) is 2.37. The lowest BCUT2D eigenvalue weighted by molar-refractivity contribution is -0.191. The summed E-state index contributed by atoms with van der Waals surface area (Å²) in [6.07, 6.45) is 1.29. The van der Waals surface area contributed by atoms with Gasteiger partial charge in [-0.05, 0) is 27.2 Å². The Labute approximate surface area is 111 Å². The fraction of sp³-hybridized carbons (Fsp3) is 0.833. The Hall–Kier alpha value is -0.723. The number of rotatable bonds is 7. The van der Waals surface area contributed by atoms with Gasteiger partial charge in [-0.3, -0.25) is 0 Å². The molecule has 2 atom stereocenters. The lowest BCUT2D eigenvalue weighted by Crippen LogP contribution is -2.58. The van der Waals surface area contributed by atoms with Crippen molar-refractivity contribution in [2.24, 2.45) is 0 Å². The highest BCUT2D eigenvalue weighted by molar-refractivity contribution is 6.08. The lowest BCUT2D eigenvalue weighted by atomic mass is 9.82. The average molecular weight is 274 g/mol. The van der Waals surface area contributed by atoms with Gasteiger partial charge in [0.15, 0.2) is 0 Å². The van der Waals surface area contributed by atoms with Gasteiger partial charge in [0.05, 0.1) is 0 Å². The van der Waals surface area contributed by atoms with E-state index in [1.807, 2.05) is 0 Å². The number of carbonyl (C=O) groups excluding carboxylic acids is 2. The first kappa shape index (κ1) is 15.3. The minimum atomic E-state index is -1.33. The first-order valence-electron chi connectivity index (χ1n) is 6.53. The van der Waals surface area contributed by atoms with Crippen LogP contribution in [0.3, 0.4) is 0 Å². The van der Waals surface area contributed by atoms with E-state index in [-0.39, 0.29) is 0 Å². The van der Waals surface area contributed by atoms with Gasteiger partial charge in [0, 0.05) is 23.5 Å². The molecule has 0 aromatic carbocycles. The van der Waals surface area contributed by atoms with Crippen LogP contribution in [-0.4, -0.2) is 46.6 Å². The third-order valence-electron chi connectivity index (χ3n) is 3.38. The topological polar surface area (TPSA) is 61.8 Å². The van der Waals surface area contributed by atoms with Gasteiger partial charge in [0.2, 0.25) is 11.2 Å². The zero-order valence-electron chi connectivity index (χ0n) is 11.6. The molecule has 0 saturated carbocycles. The standard InChI is InChI=1S/C12H22O5Si/c1-4-15-11(3)9(13)17-10(14)12(11,16-5-2)7-6-8-18/h4-8H2,1-3,18H3. The van der Waals surface area contributed by atoms with Crippen molar-refractivity contribution >= 4 is 22.2 Å². The first-order valence-corrected chi connectivity index (χ1v) is 7.94. The molecule has 0 aliphatic carbocycles. The molecule has 0 N–H and O–H groups in total. The van der Waals surface area contributed by atoms with E-state index >= 15 is 0 Å². The molecule has 18 heavy (non-hydrogen) atoms. The van der Waals surface area contributed by atoms with Crippen LogP contribution in [0.1, 0.15) is 33.6 Å². The molecule has 1 aliphatic rings. The highest BCUT2D eigenvalue weighted by Crippen LogP contribution is 2.42. The Kier molecular flexibility index (Phi) is 5.07. The summed E-state index contributed by atoms with van der Waals surface area (Å²) in [7, 11) is 1.05. The van der Waals surface area contributed by atoms with Crippen LogP contribution in [0.25, 0.3) is 0 Å². The summed E-state index contributed by atoms with van der Waals surface area (Å²) < 4.78 is 15.9. The summed E-state index contributed by atoms with van der Waals surface area (Å²) in [5.74, 6) is -1.25. The second-order valence-electron chi connectivity index (χ2n) is 4.51. The predicted octanol–water partition coefficient (Wildman–Crippen LogP) is 0.204. The zero-order chi connectivity index (χ0) is 13.8. The summed E-state index contributed by atoms with van der Waals surface area (Å²) in [5, 5.41) is 0. The average Bonchev–Trinajstić information content (AvgIpc) is 2.50. The largest absolute Gasteiger partial charge is 0.389 e. The van der Waals surface area contributed by atoms with Crippen LogP contribution < -0.4 is 0 Å². The van der Waals surface area contributed by atoms with Crippen LogP contribution in [0.5, 0.6) is 0 Å². The minimum absolute atomic E-state index is 0.328. The van der Waals surface area contributed by atoms with E-state index in [0.29, 0.717) is 19.6 Å². The summed E-state index contributed by atoms with van der Waals surface area (Å²) in [6, 6.07) is 1.04. The van der Waals surface area contributed by atoms with Crippen molar-refractivity contribution in [3.8, 4) is 0 Å². The Morgan fingerprint density at radius 3 is 2.28 bits per heavy atom. The van der Waals surface area contributed by atoms with Gasteiger partial charge in [0.25, 0.3) is 0 Å². The van der Waals surface area contributed by atoms with E-state index in [9.17, 15) is 9.59 Å². The molecule has 0 spiro atoms. The smallest absolute Gasteiger partial charge is 0.349 e. The maximum atomic E-state index is 12.1. The molecule has 104 valence electrons. The third-order valence-corrected chi connectivity index (χ3v) is 4.09. The monoisotopic (exact) mass is 274 g/mol. The first-order chi connectivity index (χ1) is 8.48. The van der Waals surface area contributed by atoms with Crippen molar-refractivity contribution in [3.63, 3.8) is 0 Å². The molecule has 1 saturated heterocycles. The van der Waals surface area contributed by atoms with E-state index in [1.54, 1.807) is 20.8 Å². The number of carbonyl (C=O) groups is 2. The molecular formula is C12H22O5Si. The van der Waals surface area contributed by atoms with Crippen LogP contribution >= 0.6 is 0 Å². The minimum Gasteiger partial charge on any atom is -0.389 e. The molecule has 5 nitrogen and oxygen atoms in total. The molecule has 1 rings (SSSR count). The van der Waals surface area contributed by atoms with Gasteiger partial charge in [-0.1, -0.05) is 12.5 Å². The van der Waals surface area contributed by atoms with Crippen molar-refractivity contribution in [2.45, 2.75) is 50.9 Å². The maximum Gasteiger partial charge on any atom is 0.349 e. The Balaban J connectivity index is 3.15. The zero-order valence-corrected chi connectivity index (χ0v) is 13.6. The second kappa shape index (κ2) is 5.95. The molecule has 0 radical (unpaired) electrons. The normalized spacial score (nSPS) is 31.9. The van der Waals surface area contributed by atoms with Crippen molar-refractivity contribution < 1.29 is 23.8 Å². The SMILES string of the molecule is CCOC1(C)C(=O)OC(=O)C1(CCC[SiH3])OCC. The Morgan fingerprint density at radius 2 is 1.78 bits per heavy atom. The summed E-state index contributed by atoms with van der Waals surface area (Å²) in [4.78, 5) is 24.0. The molecule has 0 bridgehead atoms. The Bertz CT molecular complexity index is 332. The number of hydrogen-bond donors (Lipinski definition) is 0. The lowest BCUT2D eigenvalue weighted by Gasteiger charge is -2.36. The molecular weight excluding hydrogens is 252 g/mol. The van der Waals surface area contributed by atoms with Crippen LogP contribution in [0, 0.1) is 0 Å².